The van der Waals surface area contributed by atoms with Crippen molar-refractivity contribution in [2.45, 2.75) is 6.43 Å². The van der Waals surface area contributed by atoms with Gasteiger partial charge in [-0.15, -0.1) is 4.37 Å². The number of halogens is 2. The summed E-state index contributed by atoms with van der Waals surface area (Å²) in [6.07, 6.45) is -1.16. The summed E-state index contributed by atoms with van der Waals surface area (Å²) in [5, 5.41) is 0. The Kier molecular flexibility index (Phi) is 2.49. The molecule has 3 nitrogen and oxygen atoms in total. The number of alkyl halides is 2. The van der Waals surface area contributed by atoms with E-state index < -0.39 is 13.0 Å². The van der Waals surface area contributed by atoms with Crippen molar-refractivity contribution in [3.05, 3.63) is 6.20 Å². The van der Waals surface area contributed by atoms with Gasteiger partial charge in [0.2, 0.25) is 5.88 Å². The van der Waals surface area contributed by atoms with Crippen LogP contribution in [0.4, 0.5) is 8.78 Å². The highest BCUT2D eigenvalue weighted by molar-refractivity contribution is 6.99. The summed E-state index contributed by atoms with van der Waals surface area (Å²) in [4.78, 5) is 0. The molecule has 1 rings (SSSR count). The lowest BCUT2D eigenvalue weighted by molar-refractivity contribution is 0.0800. The van der Waals surface area contributed by atoms with Crippen molar-refractivity contribution in [2.24, 2.45) is 0 Å². The van der Waals surface area contributed by atoms with E-state index in [0.29, 0.717) is 0 Å². The van der Waals surface area contributed by atoms with Gasteiger partial charge in [-0.3, -0.25) is 0 Å². The summed E-state index contributed by atoms with van der Waals surface area (Å²) in [6.45, 7) is -0.620. The van der Waals surface area contributed by atoms with Crippen molar-refractivity contribution in [1.29, 1.82) is 0 Å². The van der Waals surface area contributed by atoms with E-state index in [4.69, 9.17) is 0 Å². The molecule has 10 heavy (non-hydrogen) atoms. The van der Waals surface area contributed by atoms with Gasteiger partial charge >= 0.3 is 0 Å². The predicted molar refractivity (Wildman–Crippen MR) is 31.4 cm³/mol. The predicted octanol–water partition coefficient (Wildman–Crippen LogP) is 1.18. The van der Waals surface area contributed by atoms with Gasteiger partial charge in [0, 0.05) is 0 Å². The van der Waals surface area contributed by atoms with Gasteiger partial charge in [0.05, 0.1) is 11.7 Å². The first kappa shape index (κ1) is 7.33. The molecule has 6 heteroatoms. The van der Waals surface area contributed by atoms with Crippen molar-refractivity contribution in [2.75, 3.05) is 6.61 Å². The van der Waals surface area contributed by atoms with Crippen LogP contribution in [0.3, 0.4) is 0 Å². The number of hydrogen-bond donors (Lipinski definition) is 0. The van der Waals surface area contributed by atoms with Gasteiger partial charge in [-0.2, -0.15) is 4.37 Å². The molecule has 0 aliphatic carbocycles. The minimum absolute atomic E-state index is 0.158. The topological polar surface area (TPSA) is 35.0 Å². The van der Waals surface area contributed by atoms with Crippen molar-refractivity contribution in [1.82, 2.24) is 8.75 Å². The highest BCUT2D eigenvalue weighted by Crippen LogP contribution is 2.06. The molecule has 0 aliphatic heterocycles. The fourth-order valence-electron chi connectivity index (χ4n) is 0.368. The largest absolute Gasteiger partial charge is 0.470 e. The molecule has 1 aromatic rings. The Labute approximate surface area is 60.0 Å². The summed E-state index contributed by atoms with van der Waals surface area (Å²) in [6, 6.07) is 0. The van der Waals surface area contributed by atoms with E-state index in [1.165, 1.54) is 6.20 Å². The van der Waals surface area contributed by atoms with E-state index in [1.807, 2.05) is 0 Å². The molecular formula is C4H4F2N2OS. The van der Waals surface area contributed by atoms with Crippen molar-refractivity contribution < 1.29 is 13.5 Å². The lowest BCUT2D eigenvalue weighted by atomic mass is 10.7. The highest BCUT2D eigenvalue weighted by atomic mass is 32.1. The number of aromatic nitrogens is 2. The second kappa shape index (κ2) is 3.40. The fourth-order valence-corrected chi connectivity index (χ4v) is 0.733. The molecule has 0 saturated carbocycles. The van der Waals surface area contributed by atoms with Crippen LogP contribution in [0.2, 0.25) is 0 Å². The van der Waals surface area contributed by atoms with Crippen LogP contribution in [0.5, 0.6) is 5.88 Å². The lowest BCUT2D eigenvalue weighted by Gasteiger charge is -1.97. The number of hydrogen-bond acceptors (Lipinski definition) is 4. The average molecular weight is 166 g/mol. The first-order valence-corrected chi connectivity index (χ1v) is 3.20. The van der Waals surface area contributed by atoms with Gasteiger partial charge in [0.15, 0.2) is 6.61 Å². The maximum Gasteiger partial charge on any atom is 0.272 e. The zero-order chi connectivity index (χ0) is 7.40. The van der Waals surface area contributed by atoms with E-state index in [2.05, 4.69) is 13.5 Å². The fraction of sp³-hybridized carbons (Fsp3) is 0.500. The normalized spacial score (nSPS) is 10.3. The molecule has 1 heterocycles. The zero-order valence-corrected chi connectivity index (χ0v) is 5.65. The van der Waals surface area contributed by atoms with E-state index in [1.54, 1.807) is 0 Å². The first-order chi connectivity index (χ1) is 4.79. The molecule has 0 radical (unpaired) electrons. The quantitative estimate of drug-likeness (QED) is 0.676. The van der Waals surface area contributed by atoms with E-state index >= 15 is 0 Å². The third-order valence-corrected chi connectivity index (χ3v) is 1.16. The Morgan fingerprint density at radius 2 is 2.50 bits per heavy atom. The van der Waals surface area contributed by atoms with E-state index in [9.17, 15) is 8.78 Å². The van der Waals surface area contributed by atoms with Crippen LogP contribution in [0.25, 0.3) is 0 Å². The third kappa shape index (κ3) is 2.22. The molecule has 0 N–H and O–H groups in total. The molecule has 0 fully saturated rings. The van der Waals surface area contributed by atoms with E-state index in [0.717, 1.165) is 11.7 Å². The van der Waals surface area contributed by atoms with Gasteiger partial charge < -0.3 is 4.74 Å². The summed E-state index contributed by atoms with van der Waals surface area (Å²) < 4.78 is 34.5. The van der Waals surface area contributed by atoms with Gasteiger partial charge in [-0.1, -0.05) is 0 Å². The Hall–Kier alpha value is -0.780. The van der Waals surface area contributed by atoms with Crippen LogP contribution in [-0.4, -0.2) is 21.8 Å². The minimum atomic E-state index is -2.46. The average Bonchev–Trinajstić information content (AvgIpc) is 2.34. The molecule has 0 atom stereocenters. The number of rotatable bonds is 3. The molecule has 0 saturated heterocycles. The molecule has 0 unspecified atom stereocenters. The van der Waals surface area contributed by atoms with Gasteiger partial charge in [-0.25, -0.2) is 8.78 Å². The minimum Gasteiger partial charge on any atom is -0.470 e. The van der Waals surface area contributed by atoms with Gasteiger partial charge in [0.25, 0.3) is 6.43 Å². The van der Waals surface area contributed by atoms with Crippen molar-refractivity contribution >= 4 is 11.7 Å². The lowest BCUT2D eigenvalue weighted by Crippen LogP contribution is -2.06. The molecule has 0 spiro atoms. The maximum absolute atomic E-state index is 11.5. The maximum atomic E-state index is 11.5. The zero-order valence-electron chi connectivity index (χ0n) is 4.83. The summed E-state index contributed by atoms with van der Waals surface area (Å²) in [5.41, 5.74) is 0. The van der Waals surface area contributed by atoms with Crippen LogP contribution in [-0.2, 0) is 0 Å². The molecule has 0 amide bonds. The van der Waals surface area contributed by atoms with E-state index in [-0.39, 0.29) is 5.88 Å². The first-order valence-electron chi connectivity index (χ1n) is 2.47. The Morgan fingerprint density at radius 3 is 3.00 bits per heavy atom. The standard InChI is InChI=1S/C4H4F2N2OS/c5-3(6)2-9-4-1-7-10-8-4/h1,3H,2H2. The molecule has 0 aliphatic rings. The molecule has 1 aromatic heterocycles. The highest BCUT2D eigenvalue weighted by Gasteiger charge is 2.03. The SMILES string of the molecule is FC(F)COc1cnsn1. The van der Waals surface area contributed by atoms with Crippen LogP contribution >= 0.6 is 11.7 Å². The number of nitrogens with zero attached hydrogens (tertiary/aromatic N) is 2. The summed E-state index contributed by atoms with van der Waals surface area (Å²) >= 11 is 0.921. The molecule has 0 aromatic carbocycles. The second-order valence-electron chi connectivity index (χ2n) is 1.45. The smallest absolute Gasteiger partial charge is 0.272 e. The summed E-state index contributed by atoms with van der Waals surface area (Å²) in [5.74, 6) is 0.158. The Bertz CT molecular complexity index is 179. The third-order valence-electron chi connectivity index (χ3n) is 0.698. The van der Waals surface area contributed by atoms with Crippen LogP contribution in [0.15, 0.2) is 6.20 Å². The van der Waals surface area contributed by atoms with Crippen LogP contribution < -0.4 is 4.74 Å². The Balaban J connectivity index is 2.28. The van der Waals surface area contributed by atoms with Crippen LogP contribution in [0.1, 0.15) is 0 Å². The number of ether oxygens (including phenoxy) is 1. The molecule has 0 bridgehead atoms. The van der Waals surface area contributed by atoms with Crippen molar-refractivity contribution in [3.63, 3.8) is 0 Å². The molecule has 56 valence electrons. The van der Waals surface area contributed by atoms with Crippen molar-refractivity contribution in [3.8, 4) is 5.88 Å². The van der Waals surface area contributed by atoms with Gasteiger partial charge in [0.1, 0.15) is 6.20 Å². The van der Waals surface area contributed by atoms with Gasteiger partial charge in [-0.05, 0) is 0 Å². The van der Waals surface area contributed by atoms with Crippen LogP contribution in [0, 0.1) is 0 Å². The monoisotopic (exact) mass is 166 g/mol. The Morgan fingerprint density at radius 1 is 1.70 bits per heavy atom. The molecular weight excluding hydrogens is 162 g/mol. The second-order valence-corrected chi connectivity index (χ2v) is 2.00. The summed E-state index contributed by atoms with van der Waals surface area (Å²) in [7, 11) is 0.